The molecule has 1 aromatic carbocycles. The maximum absolute atomic E-state index is 13.1. The lowest BCUT2D eigenvalue weighted by atomic mass is 9.96. The predicted molar refractivity (Wildman–Crippen MR) is 110 cm³/mol. The molecule has 158 valence electrons. The summed E-state index contributed by atoms with van der Waals surface area (Å²) in [7, 11) is -3.74. The molecule has 1 aromatic heterocycles. The Morgan fingerprint density at radius 1 is 1.28 bits per heavy atom. The van der Waals surface area contributed by atoms with Crippen molar-refractivity contribution in [1.82, 2.24) is 14.8 Å². The smallest absolute Gasteiger partial charge is 0.248 e. The second-order valence-corrected chi connectivity index (χ2v) is 9.82. The third-order valence-corrected chi connectivity index (χ3v) is 7.69. The van der Waals surface area contributed by atoms with Crippen LogP contribution in [-0.4, -0.2) is 36.9 Å². The maximum Gasteiger partial charge on any atom is 0.248 e. The minimum atomic E-state index is -3.74. The van der Waals surface area contributed by atoms with E-state index in [-0.39, 0.29) is 35.1 Å². The van der Waals surface area contributed by atoms with Crippen LogP contribution in [0.1, 0.15) is 54.0 Å². The third-order valence-electron chi connectivity index (χ3n) is 5.58. The number of aryl methyl sites for hydroxylation is 4. The largest absolute Gasteiger partial charge is 0.360 e. The maximum atomic E-state index is 13.1. The molecule has 29 heavy (non-hydrogen) atoms. The lowest BCUT2D eigenvalue weighted by molar-refractivity contribution is -0.126. The summed E-state index contributed by atoms with van der Waals surface area (Å²) in [5.74, 6) is -0.221. The Labute approximate surface area is 172 Å². The van der Waals surface area contributed by atoms with Gasteiger partial charge in [0, 0.05) is 13.1 Å². The van der Waals surface area contributed by atoms with E-state index in [4.69, 9.17) is 4.52 Å². The highest BCUT2D eigenvalue weighted by atomic mass is 32.2. The average Bonchev–Trinajstić information content (AvgIpc) is 3.02. The number of aromatic nitrogens is 1. The van der Waals surface area contributed by atoms with Crippen molar-refractivity contribution in [3.8, 4) is 0 Å². The molecular weight excluding hydrogens is 390 g/mol. The second kappa shape index (κ2) is 8.28. The quantitative estimate of drug-likeness (QED) is 0.803. The molecule has 8 heteroatoms. The van der Waals surface area contributed by atoms with E-state index >= 15 is 0 Å². The van der Waals surface area contributed by atoms with Gasteiger partial charge in [-0.05, 0) is 58.6 Å². The van der Waals surface area contributed by atoms with Gasteiger partial charge in [0.05, 0.1) is 12.0 Å². The first-order chi connectivity index (χ1) is 13.6. The fraction of sp³-hybridized carbons (Fsp3) is 0.524. The Morgan fingerprint density at radius 2 is 2.00 bits per heavy atom. The van der Waals surface area contributed by atoms with Crippen molar-refractivity contribution in [2.24, 2.45) is 5.92 Å². The predicted octanol–water partition coefficient (Wildman–Crippen LogP) is 3.19. The van der Waals surface area contributed by atoms with Crippen LogP contribution < -0.4 is 5.32 Å². The van der Waals surface area contributed by atoms with E-state index in [2.05, 4.69) is 16.5 Å². The molecule has 1 N–H and O–H groups in total. The first-order valence-electron chi connectivity index (χ1n) is 9.91. The molecule has 2 heterocycles. The van der Waals surface area contributed by atoms with Crippen LogP contribution >= 0.6 is 0 Å². The Balaban J connectivity index is 1.73. The van der Waals surface area contributed by atoms with Crippen molar-refractivity contribution in [1.29, 1.82) is 0 Å². The lowest BCUT2D eigenvalue weighted by Crippen LogP contribution is -2.46. The van der Waals surface area contributed by atoms with Crippen LogP contribution in [-0.2, 0) is 14.8 Å². The summed E-state index contributed by atoms with van der Waals surface area (Å²) < 4.78 is 32.6. The number of amides is 1. The highest BCUT2D eigenvalue weighted by Crippen LogP contribution is 2.28. The number of piperidine rings is 1. The minimum Gasteiger partial charge on any atom is -0.360 e. The van der Waals surface area contributed by atoms with Crippen LogP contribution in [0, 0.1) is 33.6 Å². The van der Waals surface area contributed by atoms with Gasteiger partial charge in [-0.15, -0.1) is 0 Å². The van der Waals surface area contributed by atoms with E-state index in [1.54, 1.807) is 13.8 Å². The molecule has 2 aromatic rings. The van der Waals surface area contributed by atoms with Gasteiger partial charge in [0.15, 0.2) is 5.76 Å². The van der Waals surface area contributed by atoms with Gasteiger partial charge < -0.3 is 9.84 Å². The zero-order valence-electron chi connectivity index (χ0n) is 17.7. The first kappa shape index (κ1) is 21.5. The highest BCUT2D eigenvalue weighted by Gasteiger charge is 2.36. The van der Waals surface area contributed by atoms with Gasteiger partial charge in [0.2, 0.25) is 15.9 Å². The van der Waals surface area contributed by atoms with Gasteiger partial charge in [-0.1, -0.05) is 28.9 Å². The van der Waals surface area contributed by atoms with Crippen LogP contribution in [0.15, 0.2) is 27.6 Å². The Kier molecular flexibility index (Phi) is 6.14. The fourth-order valence-corrected chi connectivity index (χ4v) is 5.80. The molecule has 0 aliphatic carbocycles. The van der Waals surface area contributed by atoms with Crippen molar-refractivity contribution < 1.29 is 17.7 Å². The number of rotatable bonds is 5. The van der Waals surface area contributed by atoms with E-state index in [0.29, 0.717) is 25.1 Å². The van der Waals surface area contributed by atoms with Crippen LogP contribution in [0.2, 0.25) is 0 Å². The Hall–Kier alpha value is -2.19. The zero-order valence-corrected chi connectivity index (χ0v) is 18.5. The molecule has 1 aliphatic rings. The van der Waals surface area contributed by atoms with E-state index in [0.717, 1.165) is 16.7 Å². The molecule has 3 rings (SSSR count). The Morgan fingerprint density at radius 3 is 2.66 bits per heavy atom. The standard InChI is InChI=1S/C21H29N3O4S/c1-13-8-9-14(2)19(11-13)15(3)22-21(25)18-7-6-10-24(12-18)29(26,27)20-16(4)23-28-17(20)5/h8-9,11,15,18H,6-7,10,12H2,1-5H3,(H,22,25). The molecule has 1 fully saturated rings. The van der Waals surface area contributed by atoms with Crippen molar-refractivity contribution in [2.45, 2.75) is 58.4 Å². The SMILES string of the molecule is Cc1ccc(C)c(C(C)NC(=O)C2CCCN(S(=O)(=O)c3c(C)noc3C)C2)c1. The van der Waals surface area contributed by atoms with Gasteiger partial charge in [0.1, 0.15) is 10.6 Å². The summed E-state index contributed by atoms with van der Waals surface area (Å²) in [6.07, 6.45) is 1.30. The third kappa shape index (κ3) is 4.38. The number of nitrogens with one attached hydrogen (secondary N) is 1. The molecule has 0 bridgehead atoms. The summed E-state index contributed by atoms with van der Waals surface area (Å²) in [5, 5.41) is 6.83. The monoisotopic (exact) mass is 419 g/mol. The zero-order chi connectivity index (χ0) is 21.3. The second-order valence-electron chi connectivity index (χ2n) is 7.95. The number of hydrogen-bond acceptors (Lipinski definition) is 5. The molecule has 0 spiro atoms. The topological polar surface area (TPSA) is 92.5 Å². The molecule has 1 saturated heterocycles. The highest BCUT2D eigenvalue weighted by molar-refractivity contribution is 7.89. The average molecular weight is 420 g/mol. The molecule has 0 radical (unpaired) electrons. The lowest BCUT2D eigenvalue weighted by Gasteiger charge is -2.32. The molecule has 2 unspecified atom stereocenters. The number of hydrogen-bond donors (Lipinski definition) is 1. The van der Waals surface area contributed by atoms with Gasteiger partial charge in [0.25, 0.3) is 0 Å². The summed E-state index contributed by atoms with van der Waals surface area (Å²) in [4.78, 5) is 13.0. The van der Waals surface area contributed by atoms with E-state index in [1.165, 1.54) is 4.31 Å². The van der Waals surface area contributed by atoms with E-state index < -0.39 is 10.0 Å². The first-order valence-corrected chi connectivity index (χ1v) is 11.4. The van der Waals surface area contributed by atoms with Crippen molar-refractivity contribution >= 4 is 15.9 Å². The van der Waals surface area contributed by atoms with E-state index in [1.807, 2.05) is 32.9 Å². The molecular formula is C21H29N3O4S. The van der Waals surface area contributed by atoms with Gasteiger partial charge in [-0.2, -0.15) is 4.31 Å². The molecule has 7 nitrogen and oxygen atoms in total. The molecule has 2 atom stereocenters. The van der Waals surface area contributed by atoms with Gasteiger partial charge in [-0.3, -0.25) is 4.79 Å². The van der Waals surface area contributed by atoms with Crippen molar-refractivity contribution in [2.75, 3.05) is 13.1 Å². The van der Waals surface area contributed by atoms with Crippen LogP contribution in [0.3, 0.4) is 0 Å². The number of nitrogens with zero attached hydrogens (tertiary/aromatic N) is 2. The number of benzene rings is 1. The summed E-state index contributed by atoms with van der Waals surface area (Å²) in [6, 6.07) is 6.03. The van der Waals surface area contributed by atoms with E-state index in [9.17, 15) is 13.2 Å². The minimum absolute atomic E-state index is 0.113. The summed E-state index contributed by atoms with van der Waals surface area (Å²) >= 11 is 0. The van der Waals surface area contributed by atoms with Gasteiger partial charge in [-0.25, -0.2) is 8.42 Å². The summed E-state index contributed by atoms with van der Waals surface area (Å²) in [5.41, 5.74) is 3.68. The molecule has 1 amide bonds. The van der Waals surface area contributed by atoms with Crippen molar-refractivity contribution in [3.05, 3.63) is 46.3 Å². The molecule has 1 aliphatic heterocycles. The van der Waals surface area contributed by atoms with Gasteiger partial charge >= 0.3 is 0 Å². The normalized spacial score (nSPS) is 19.1. The van der Waals surface area contributed by atoms with Crippen molar-refractivity contribution in [3.63, 3.8) is 0 Å². The van der Waals surface area contributed by atoms with Crippen LogP contribution in [0.25, 0.3) is 0 Å². The number of sulfonamides is 1. The fourth-order valence-electron chi connectivity index (χ4n) is 3.98. The Bertz CT molecular complexity index is 993. The number of carbonyl (C=O) groups excluding carboxylic acids is 1. The number of carbonyl (C=O) groups is 1. The van der Waals surface area contributed by atoms with Crippen LogP contribution in [0.5, 0.6) is 0 Å². The van der Waals surface area contributed by atoms with Crippen LogP contribution in [0.4, 0.5) is 0 Å². The molecule has 0 saturated carbocycles. The summed E-state index contributed by atoms with van der Waals surface area (Å²) in [6.45, 7) is 9.77.